The monoisotopic (exact) mass is 277 g/mol. The summed E-state index contributed by atoms with van der Waals surface area (Å²) >= 11 is 5.84. The van der Waals surface area contributed by atoms with E-state index in [1.54, 1.807) is 12.1 Å². The molecule has 19 heavy (non-hydrogen) atoms. The molecule has 1 N–H and O–H groups in total. The van der Waals surface area contributed by atoms with Gasteiger partial charge >= 0.3 is 0 Å². The highest BCUT2D eigenvalue weighted by molar-refractivity contribution is 6.30. The third kappa shape index (κ3) is 3.93. The van der Waals surface area contributed by atoms with Gasteiger partial charge in [-0.25, -0.2) is 4.68 Å². The zero-order valence-electron chi connectivity index (χ0n) is 10.0. The van der Waals surface area contributed by atoms with Crippen LogP contribution in [0.2, 0.25) is 5.02 Å². The Morgan fingerprint density at radius 2 is 2.16 bits per heavy atom. The van der Waals surface area contributed by atoms with Gasteiger partial charge < -0.3 is 5.32 Å². The van der Waals surface area contributed by atoms with E-state index in [2.05, 4.69) is 10.4 Å². The van der Waals surface area contributed by atoms with E-state index in [-0.39, 0.29) is 18.0 Å². The van der Waals surface area contributed by atoms with Gasteiger partial charge in [-0.15, -0.1) is 0 Å². The Balaban J connectivity index is 1.92. The molecule has 98 valence electrons. The summed E-state index contributed by atoms with van der Waals surface area (Å²) in [6.07, 6.45) is 1.46. The van der Waals surface area contributed by atoms with Gasteiger partial charge in [-0.1, -0.05) is 23.7 Å². The predicted molar refractivity (Wildman–Crippen MR) is 71.8 cm³/mol. The fourth-order valence-corrected chi connectivity index (χ4v) is 1.76. The molecule has 0 aliphatic carbocycles. The van der Waals surface area contributed by atoms with Gasteiger partial charge in [0.25, 0.3) is 5.56 Å². The van der Waals surface area contributed by atoms with Crippen LogP contribution in [-0.4, -0.2) is 15.7 Å². The molecule has 0 unspecified atom stereocenters. The minimum Gasteiger partial charge on any atom is -0.350 e. The third-order valence-electron chi connectivity index (χ3n) is 2.46. The largest absolute Gasteiger partial charge is 0.350 e. The minimum absolute atomic E-state index is 0.0970. The second kappa shape index (κ2) is 6.15. The maximum atomic E-state index is 11.7. The number of halogens is 1. The Labute approximate surface area is 114 Å². The molecule has 0 spiro atoms. The van der Waals surface area contributed by atoms with Crippen molar-refractivity contribution in [1.29, 1.82) is 0 Å². The highest BCUT2D eigenvalue weighted by Crippen LogP contribution is 2.10. The Kier molecular flexibility index (Phi) is 4.30. The lowest BCUT2D eigenvalue weighted by Gasteiger charge is -2.06. The van der Waals surface area contributed by atoms with Crippen molar-refractivity contribution in [2.45, 2.75) is 13.1 Å². The van der Waals surface area contributed by atoms with E-state index in [1.165, 1.54) is 18.3 Å². The van der Waals surface area contributed by atoms with Crippen molar-refractivity contribution in [2.75, 3.05) is 0 Å². The van der Waals surface area contributed by atoms with Gasteiger partial charge in [0.1, 0.15) is 6.54 Å². The van der Waals surface area contributed by atoms with Gasteiger partial charge in [0, 0.05) is 23.8 Å². The van der Waals surface area contributed by atoms with Gasteiger partial charge in [-0.3, -0.25) is 9.59 Å². The lowest BCUT2D eigenvalue weighted by molar-refractivity contribution is -0.122. The first kappa shape index (κ1) is 13.3. The van der Waals surface area contributed by atoms with Crippen LogP contribution >= 0.6 is 11.6 Å². The number of nitrogens with one attached hydrogen (secondary N) is 1. The molecule has 0 bridgehead atoms. The summed E-state index contributed by atoms with van der Waals surface area (Å²) in [5, 5.41) is 7.13. The number of carbonyl (C=O) groups excluding carboxylic acids is 1. The highest BCUT2D eigenvalue weighted by Gasteiger charge is 2.04. The van der Waals surface area contributed by atoms with Crippen LogP contribution in [0.15, 0.2) is 47.4 Å². The van der Waals surface area contributed by atoms with Crippen molar-refractivity contribution in [3.63, 3.8) is 0 Å². The highest BCUT2D eigenvalue weighted by atomic mass is 35.5. The predicted octanol–water partition coefficient (Wildman–Crippen LogP) is 1.21. The molecule has 0 saturated carbocycles. The SMILES string of the molecule is O=C(Cn1ncccc1=O)NCc1cccc(Cl)c1. The first-order valence-electron chi connectivity index (χ1n) is 5.68. The molecule has 0 atom stereocenters. The molecule has 0 saturated heterocycles. The second-order valence-electron chi connectivity index (χ2n) is 3.93. The van der Waals surface area contributed by atoms with E-state index in [4.69, 9.17) is 11.6 Å². The zero-order chi connectivity index (χ0) is 13.7. The van der Waals surface area contributed by atoms with Crippen LogP contribution in [0.4, 0.5) is 0 Å². The molecule has 1 amide bonds. The summed E-state index contributed by atoms with van der Waals surface area (Å²) in [6, 6.07) is 10.1. The average molecular weight is 278 g/mol. The molecule has 1 heterocycles. The fourth-order valence-electron chi connectivity index (χ4n) is 1.55. The van der Waals surface area contributed by atoms with E-state index in [9.17, 15) is 9.59 Å². The Hall–Kier alpha value is -2.14. The van der Waals surface area contributed by atoms with Crippen LogP contribution in [-0.2, 0) is 17.9 Å². The summed E-state index contributed by atoms with van der Waals surface area (Å²) < 4.78 is 1.10. The Bertz CT molecular complexity index is 640. The Morgan fingerprint density at radius 1 is 1.32 bits per heavy atom. The number of amides is 1. The van der Waals surface area contributed by atoms with E-state index >= 15 is 0 Å². The van der Waals surface area contributed by atoms with Crippen molar-refractivity contribution in [2.24, 2.45) is 0 Å². The van der Waals surface area contributed by atoms with Gasteiger partial charge in [0.2, 0.25) is 5.91 Å². The average Bonchev–Trinajstić information content (AvgIpc) is 2.39. The van der Waals surface area contributed by atoms with Crippen molar-refractivity contribution >= 4 is 17.5 Å². The molecule has 2 aromatic rings. The quantitative estimate of drug-likeness (QED) is 0.914. The van der Waals surface area contributed by atoms with Crippen molar-refractivity contribution in [3.05, 3.63) is 63.5 Å². The molecule has 1 aromatic carbocycles. The van der Waals surface area contributed by atoms with Crippen LogP contribution in [0.3, 0.4) is 0 Å². The summed E-state index contributed by atoms with van der Waals surface area (Å²) in [4.78, 5) is 23.1. The molecular formula is C13H12ClN3O2. The van der Waals surface area contributed by atoms with E-state index < -0.39 is 0 Å². The summed E-state index contributed by atoms with van der Waals surface area (Å²) in [5.74, 6) is -0.277. The Morgan fingerprint density at radius 3 is 2.89 bits per heavy atom. The number of benzene rings is 1. The van der Waals surface area contributed by atoms with E-state index in [0.29, 0.717) is 11.6 Å². The van der Waals surface area contributed by atoms with Gasteiger partial charge in [-0.05, 0) is 23.8 Å². The van der Waals surface area contributed by atoms with Crippen LogP contribution in [0, 0.1) is 0 Å². The molecule has 1 aromatic heterocycles. The van der Waals surface area contributed by atoms with Crippen LogP contribution in [0.1, 0.15) is 5.56 Å². The van der Waals surface area contributed by atoms with Crippen molar-refractivity contribution in [3.8, 4) is 0 Å². The van der Waals surface area contributed by atoms with Crippen LogP contribution in [0.5, 0.6) is 0 Å². The maximum Gasteiger partial charge on any atom is 0.267 e. The van der Waals surface area contributed by atoms with Gasteiger partial charge in [0.15, 0.2) is 0 Å². The minimum atomic E-state index is -0.305. The fraction of sp³-hybridized carbons (Fsp3) is 0.154. The van der Waals surface area contributed by atoms with E-state index in [0.717, 1.165) is 10.2 Å². The molecule has 0 aliphatic heterocycles. The smallest absolute Gasteiger partial charge is 0.267 e. The third-order valence-corrected chi connectivity index (χ3v) is 2.69. The maximum absolute atomic E-state index is 11.7. The number of rotatable bonds is 4. The second-order valence-corrected chi connectivity index (χ2v) is 4.36. The molecule has 0 fully saturated rings. The molecule has 2 rings (SSSR count). The summed E-state index contributed by atoms with van der Waals surface area (Å²) in [6.45, 7) is 0.265. The number of aromatic nitrogens is 2. The molecule has 0 aliphatic rings. The number of hydrogen-bond donors (Lipinski definition) is 1. The first-order valence-corrected chi connectivity index (χ1v) is 6.06. The number of carbonyl (C=O) groups is 1. The number of nitrogens with zero attached hydrogens (tertiary/aromatic N) is 2. The summed E-state index contributed by atoms with van der Waals surface area (Å²) in [7, 11) is 0. The van der Waals surface area contributed by atoms with Crippen molar-refractivity contribution in [1.82, 2.24) is 15.1 Å². The topological polar surface area (TPSA) is 64.0 Å². The van der Waals surface area contributed by atoms with Crippen LogP contribution < -0.4 is 10.9 Å². The molecule has 5 nitrogen and oxygen atoms in total. The lowest BCUT2D eigenvalue weighted by Crippen LogP contribution is -2.32. The van der Waals surface area contributed by atoms with Gasteiger partial charge in [0.05, 0.1) is 0 Å². The number of hydrogen-bond acceptors (Lipinski definition) is 3. The molecule has 6 heteroatoms. The first-order chi connectivity index (χ1) is 9.15. The zero-order valence-corrected chi connectivity index (χ0v) is 10.8. The normalized spacial score (nSPS) is 10.2. The molecular weight excluding hydrogens is 266 g/mol. The van der Waals surface area contributed by atoms with E-state index in [1.807, 2.05) is 12.1 Å². The van der Waals surface area contributed by atoms with Crippen molar-refractivity contribution < 1.29 is 4.79 Å². The van der Waals surface area contributed by atoms with Gasteiger partial charge in [-0.2, -0.15) is 5.10 Å². The van der Waals surface area contributed by atoms with Crippen LogP contribution in [0.25, 0.3) is 0 Å². The lowest BCUT2D eigenvalue weighted by atomic mass is 10.2. The molecule has 0 radical (unpaired) electrons. The standard InChI is InChI=1S/C13H12ClN3O2/c14-11-4-1-3-10(7-11)8-15-12(18)9-17-13(19)5-2-6-16-17/h1-7H,8-9H2,(H,15,18). The summed E-state index contributed by atoms with van der Waals surface area (Å²) in [5.41, 5.74) is 0.592.